The first-order valence-electron chi connectivity index (χ1n) is 19.7. The summed E-state index contributed by atoms with van der Waals surface area (Å²) in [6.45, 7) is 4.31. The van der Waals surface area contributed by atoms with Gasteiger partial charge in [-0.2, -0.15) is 0 Å². The second kappa shape index (κ2) is 32.3. The molecule has 0 saturated carbocycles. The molecule has 0 N–H and O–H groups in total. The maximum Gasteiger partial charge on any atom is 0.306 e. The molecule has 0 spiro atoms. The number of carbonyl (C=O) groups is 3. The number of likely N-dealkylation sites (N-methyl/N-ethyl adjacent to an activating group) is 1. The maximum atomic E-state index is 12.5. The van der Waals surface area contributed by atoms with Gasteiger partial charge in [-0.1, -0.05) is 129 Å². The number of esters is 2. The van der Waals surface area contributed by atoms with Crippen LogP contribution in [-0.2, 0) is 28.6 Å². The third-order valence-corrected chi connectivity index (χ3v) is 8.87. The lowest BCUT2D eigenvalue weighted by Crippen LogP contribution is -2.55. The Bertz CT molecular complexity index is 808. The van der Waals surface area contributed by atoms with Gasteiger partial charge in [0.15, 0.2) is 6.10 Å². The van der Waals surface area contributed by atoms with Crippen molar-refractivity contribution in [3.8, 4) is 0 Å². The zero-order valence-electron chi connectivity index (χ0n) is 31.9. The van der Waals surface area contributed by atoms with Gasteiger partial charge in [-0.05, 0) is 38.5 Å². The summed E-state index contributed by atoms with van der Waals surface area (Å²) in [5, 5.41) is 11.5. The van der Waals surface area contributed by atoms with Crippen LogP contribution in [0.2, 0.25) is 0 Å². The summed E-state index contributed by atoms with van der Waals surface area (Å²) < 4.78 is 16.7. The van der Waals surface area contributed by atoms with Crippen LogP contribution in [0.5, 0.6) is 0 Å². The molecule has 282 valence electrons. The molecule has 0 aromatic rings. The molecule has 8 heteroatoms. The van der Waals surface area contributed by atoms with Crippen LogP contribution in [0.1, 0.15) is 174 Å². The monoisotopic (exact) mass is 682 g/mol. The Labute approximate surface area is 295 Å². The van der Waals surface area contributed by atoms with Crippen molar-refractivity contribution in [3.63, 3.8) is 0 Å². The number of aliphatic carboxylic acids is 1. The van der Waals surface area contributed by atoms with Crippen molar-refractivity contribution >= 4 is 17.9 Å². The highest BCUT2D eigenvalue weighted by Crippen LogP contribution is 2.14. The summed E-state index contributed by atoms with van der Waals surface area (Å²) in [4.78, 5) is 35.8. The number of unbranched alkanes of at least 4 members (excludes halogenated alkanes) is 19. The van der Waals surface area contributed by atoms with E-state index in [1.165, 1.54) is 116 Å². The molecule has 0 heterocycles. The number of hydrogen-bond acceptors (Lipinski definition) is 7. The van der Waals surface area contributed by atoms with Gasteiger partial charge in [-0.25, -0.2) is 0 Å². The SMILES string of the molecule is CCCCCCCCCC/C=C\CCCCCCCCCCCCCC(=O)OC(COCCC(C(=O)[O-])[N+](C)(C)C)COC(=O)CCC. The van der Waals surface area contributed by atoms with E-state index in [2.05, 4.69) is 19.1 Å². The minimum absolute atomic E-state index is 0.0402. The number of carboxylic acids is 1. The number of carboxylic acid groups (broad SMARTS) is 1. The van der Waals surface area contributed by atoms with Crippen LogP contribution in [0.4, 0.5) is 0 Å². The van der Waals surface area contributed by atoms with Crippen LogP contribution < -0.4 is 5.11 Å². The van der Waals surface area contributed by atoms with Crippen LogP contribution in [0.25, 0.3) is 0 Å². The van der Waals surface area contributed by atoms with Gasteiger partial charge in [0, 0.05) is 19.3 Å². The van der Waals surface area contributed by atoms with Gasteiger partial charge in [0.05, 0.1) is 40.3 Å². The van der Waals surface area contributed by atoms with E-state index in [9.17, 15) is 19.5 Å². The molecular weight excluding hydrogens is 606 g/mol. The molecule has 0 bridgehead atoms. The van der Waals surface area contributed by atoms with Crippen LogP contribution in [-0.4, -0.2) is 75.5 Å². The quantitative estimate of drug-likeness (QED) is 0.0286. The lowest BCUT2D eigenvalue weighted by atomic mass is 10.0. The first-order chi connectivity index (χ1) is 23.1. The molecule has 48 heavy (non-hydrogen) atoms. The summed E-state index contributed by atoms with van der Waals surface area (Å²) >= 11 is 0. The van der Waals surface area contributed by atoms with Crippen molar-refractivity contribution < 1.29 is 38.2 Å². The summed E-state index contributed by atoms with van der Waals surface area (Å²) in [7, 11) is 5.37. The Hall–Kier alpha value is -1.93. The number of allylic oxidation sites excluding steroid dienone is 2. The first-order valence-corrected chi connectivity index (χ1v) is 19.7. The van der Waals surface area contributed by atoms with Crippen LogP contribution in [0.15, 0.2) is 12.2 Å². The molecule has 0 rings (SSSR count). The third-order valence-electron chi connectivity index (χ3n) is 8.87. The molecule has 0 aromatic heterocycles. The topological polar surface area (TPSA) is 102 Å². The molecule has 2 atom stereocenters. The van der Waals surface area contributed by atoms with Crippen molar-refractivity contribution in [1.82, 2.24) is 0 Å². The number of rotatable bonds is 35. The van der Waals surface area contributed by atoms with Crippen LogP contribution in [0.3, 0.4) is 0 Å². The van der Waals surface area contributed by atoms with E-state index in [0.717, 1.165) is 19.3 Å². The van der Waals surface area contributed by atoms with Crippen molar-refractivity contribution in [2.24, 2.45) is 0 Å². The zero-order chi connectivity index (χ0) is 35.7. The smallest absolute Gasteiger partial charge is 0.306 e. The minimum atomic E-state index is -1.13. The van der Waals surface area contributed by atoms with E-state index in [4.69, 9.17) is 14.2 Å². The maximum absolute atomic E-state index is 12.5. The summed E-state index contributed by atoms with van der Waals surface area (Å²) in [5.74, 6) is -1.79. The molecule has 0 aliphatic heterocycles. The van der Waals surface area contributed by atoms with Gasteiger partial charge in [-0.15, -0.1) is 0 Å². The average Bonchev–Trinajstić information content (AvgIpc) is 3.03. The summed E-state index contributed by atoms with van der Waals surface area (Å²) in [6, 6.07) is -0.718. The Morgan fingerprint density at radius 2 is 1.08 bits per heavy atom. The second-order valence-corrected chi connectivity index (χ2v) is 14.5. The van der Waals surface area contributed by atoms with Gasteiger partial charge in [0.2, 0.25) is 0 Å². The lowest BCUT2D eigenvalue weighted by Gasteiger charge is -2.34. The van der Waals surface area contributed by atoms with E-state index >= 15 is 0 Å². The molecule has 0 aliphatic rings. The Morgan fingerprint density at radius 3 is 1.54 bits per heavy atom. The van der Waals surface area contributed by atoms with Crippen molar-refractivity contribution in [2.75, 3.05) is 41.0 Å². The predicted molar refractivity (Wildman–Crippen MR) is 194 cm³/mol. The lowest BCUT2D eigenvalue weighted by molar-refractivity contribution is -0.889. The second-order valence-electron chi connectivity index (χ2n) is 14.5. The molecule has 0 saturated heterocycles. The summed E-state index contributed by atoms with van der Waals surface area (Å²) in [5.41, 5.74) is 0. The number of hydrogen-bond donors (Lipinski definition) is 0. The number of nitrogens with zero attached hydrogens (tertiary/aromatic N) is 1. The van der Waals surface area contributed by atoms with Gasteiger partial charge < -0.3 is 28.6 Å². The van der Waals surface area contributed by atoms with E-state index in [1.54, 1.807) is 21.1 Å². The van der Waals surface area contributed by atoms with Crippen LogP contribution >= 0.6 is 0 Å². The molecule has 0 radical (unpaired) electrons. The van der Waals surface area contributed by atoms with E-state index < -0.39 is 18.1 Å². The Morgan fingerprint density at radius 1 is 0.604 bits per heavy atom. The fourth-order valence-corrected chi connectivity index (χ4v) is 5.81. The summed E-state index contributed by atoms with van der Waals surface area (Å²) in [6.07, 6.45) is 32.5. The molecule has 0 amide bonds. The van der Waals surface area contributed by atoms with Gasteiger partial charge in [0.25, 0.3) is 0 Å². The molecule has 8 nitrogen and oxygen atoms in total. The molecule has 0 aliphatic carbocycles. The molecule has 0 aromatic carbocycles. The van der Waals surface area contributed by atoms with Gasteiger partial charge >= 0.3 is 11.9 Å². The Kier molecular flexibility index (Phi) is 31.0. The average molecular weight is 682 g/mol. The number of ether oxygens (including phenoxy) is 3. The minimum Gasteiger partial charge on any atom is -0.544 e. The fraction of sp³-hybridized carbons (Fsp3) is 0.875. The molecule has 2 unspecified atom stereocenters. The number of carbonyl (C=O) groups excluding carboxylic acids is 3. The highest BCUT2D eigenvalue weighted by Gasteiger charge is 2.25. The van der Waals surface area contributed by atoms with Gasteiger partial charge in [0.1, 0.15) is 12.6 Å². The van der Waals surface area contributed by atoms with E-state index in [1.807, 2.05) is 6.92 Å². The van der Waals surface area contributed by atoms with Crippen LogP contribution in [0, 0.1) is 0 Å². The van der Waals surface area contributed by atoms with E-state index in [0.29, 0.717) is 19.3 Å². The standard InChI is InChI=1S/C40H75NO7/c1-6-8-9-10-11-12-13-14-15-16-17-18-19-20-21-22-23-24-25-26-27-28-29-31-39(43)48-36(35-47-38(42)30-7-2)34-46-33-32-37(40(44)45)41(3,4)5/h16-17,36-37H,6-15,18-35H2,1-5H3/b17-16-. The normalized spacial score (nSPS) is 13.1. The first kappa shape index (κ1) is 46.1. The van der Waals surface area contributed by atoms with Gasteiger partial charge in [-0.3, -0.25) is 9.59 Å². The largest absolute Gasteiger partial charge is 0.544 e. The van der Waals surface area contributed by atoms with Crippen molar-refractivity contribution in [3.05, 3.63) is 12.2 Å². The van der Waals surface area contributed by atoms with Crippen molar-refractivity contribution in [2.45, 2.75) is 187 Å². The molecular formula is C40H75NO7. The van der Waals surface area contributed by atoms with E-state index in [-0.39, 0.29) is 42.7 Å². The zero-order valence-corrected chi connectivity index (χ0v) is 31.9. The Balaban J connectivity index is 3.88. The highest BCUT2D eigenvalue weighted by molar-refractivity contribution is 5.70. The highest BCUT2D eigenvalue weighted by atomic mass is 16.6. The molecule has 0 fully saturated rings. The number of quaternary nitrogens is 1. The third kappa shape index (κ3) is 30.2. The predicted octanol–water partition coefficient (Wildman–Crippen LogP) is 8.63. The van der Waals surface area contributed by atoms with Crippen molar-refractivity contribution in [1.29, 1.82) is 0 Å². The fourth-order valence-electron chi connectivity index (χ4n) is 5.81.